The van der Waals surface area contributed by atoms with E-state index in [1.54, 1.807) is 36.4 Å². The smallest absolute Gasteiger partial charge is 0.240 e. The Morgan fingerprint density at radius 3 is 2.00 bits per heavy atom. The van der Waals surface area contributed by atoms with Crippen LogP contribution in [0, 0.1) is 39.9 Å². The van der Waals surface area contributed by atoms with Gasteiger partial charge in [0.15, 0.2) is 11.3 Å². The SMILES string of the molecule is C[C@@H]1CC(=O)NN=C1c1ccc(N/N=C(/C#N)c2nc(=N)c(C#N)nn2-c2ccc(C3=NNC(=O)C[C@H]3C)cc2)cc1. The van der Waals surface area contributed by atoms with E-state index in [9.17, 15) is 20.1 Å². The summed E-state index contributed by atoms with van der Waals surface area (Å²) in [5.41, 5.74) is 11.2. The second-order valence-corrected chi connectivity index (χ2v) is 9.74. The minimum atomic E-state index is -0.400. The van der Waals surface area contributed by atoms with E-state index in [-0.39, 0.29) is 40.9 Å². The first-order valence-electron chi connectivity index (χ1n) is 12.9. The standard InChI is InChI=1S/C28H24N12O2/c1-15-11-23(41)35-37-25(15)17-3-7-19(8-4-17)33-34-22(14-30)28-32-27(31)21(13-29)39-40(28)20-9-5-18(6-10-20)26-16(2)12-24(42)36-38-26/h3-10,15-16,31,33H,11-12H2,1-2H3,(H,35,41)(H,36,42)/b31-27?,34-22-/t15-,16-/m1/s1. The van der Waals surface area contributed by atoms with Crippen LogP contribution in [-0.4, -0.2) is 43.7 Å². The third-order valence-corrected chi connectivity index (χ3v) is 6.67. The number of nitriles is 2. The first-order chi connectivity index (χ1) is 20.3. The number of hydrazone groups is 3. The van der Waals surface area contributed by atoms with E-state index >= 15 is 0 Å². The highest BCUT2D eigenvalue weighted by molar-refractivity contribution is 6.10. The number of hydrogen-bond acceptors (Lipinski definition) is 11. The first-order valence-corrected chi connectivity index (χ1v) is 12.9. The minimum absolute atomic E-state index is 0.0285. The molecule has 0 fully saturated rings. The van der Waals surface area contributed by atoms with Gasteiger partial charge in [0, 0.05) is 24.7 Å². The fourth-order valence-corrected chi connectivity index (χ4v) is 4.55. The van der Waals surface area contributed by atoms with Crippen LogP contribution in [0.5, 0.6) is 0 Å². The van der Waals surface area contributed by atoms with Gasteiger partial charge in [-0.1, -0.05) is 38.1 Å². The zero-order valence-electron chi connectivity index (χ0n) is 22.6. The number of aromatic nitrogens is 3. The van der Waals surface area contributed by atoms with Crippen LogP contribution in [0.2, 0.25) is 0 Å². The second kappa shape index (κ2) is 11.6. The lowest BCUT2D eigenvalue weighted by Crippen LogP contribution is -2.32. The fourth-order valence-electron chi connectivity index (χ4n) is 4.55. The van der Waals surface area contributed by atoms with Gasteiger partial charge in [-0.15, -0.1) is 0 Å². The lowest BCUT2D eigenvalue weighted by atomic mass is 9.94. The van der Waals surface area contributed by atoms with Gasteiger partial charge in [-0.25, -0.2) is 20.5 Å². The van der Waals surface area contributed by atoms with E-state index in [0.717, 1.165) is 22.6 Å². The Hall–Kier alpha value is -6.02. The van der Waals surface area contributed by atoms with Crippen LogP contribution in [0.15, 0.2) is 63.8 Å². The summed E-state index contributed by atoms with van der Waals surface area (Å²) in [5.74, 6) is -0.415. The van der Waals surface area contributed by atoms with Gasteiger partial charge in [0.2, 0.25) is 23.2 Å². The van der Waals surface area contributed by atoms with Crippen molar-refractivity contribution in [2.24, 2.45) is 27.1 Å². The maximum Gasteiger partial charge on any atom is 0.240 e. The van der Waals surface area contributed by atoms with Crippen LogP contribution in [0.1, 0.15) is 49.3 Å². The molecule has 2 aliphatic heterocycles. The first kappa shape index (κ1) is 27.5. The summed E-state index contributed by atoms with van der Waals surface area (Å²) in [7, 11) is 0. The van der Waals surface area contributed by atoms with Crippen molar-refractivity contribution < 1.29 is 9.59 Å². The van der Waals surface area contributed by atoms with Crippen molar-refractivity contribution in [3.8, 4) is 17.8 Å². The Labute approximate surface area is 239 Å². The average Bonchev–Trinajstić information content (AvgIpc) is 2.98. The molecule has 0 bridgehead atoms. The van der Waals surface area contributed by atoms with Crippen LogP contribution < -0.4 is 21.8 Å². The molecule has 0 saturated heterocycles. The number of rotatable bonds is 6. The molecule has 2 amide bonds. The van der Waals surface area contributed by atoms with E-state index in [0.29, 0.717) is 24.2 Å². The fraction of sp³-hybridized carbons (Fsp3) is 0.214. The Morgan fingerprint density at radius 1 is 0.952 bits per heavy atom. The Morgan fingerprint density at radius 2 is 1.50 bits per heavy atom. The lowest BCUT2D eigenvalue weighted by Gasteiger charge is -2.19. The summed E-state index contributed by atoms with van der Waals surface area (Å²) >= 11 is 0. The molecule has 42 heavy (non-hydrogen) atoms. The van der Waals surface area contributed by atoms with Crippen LogP contribution >= 0.6 is 0 Å². The van der Waals surface area contributed by atoms with Crippen molar-refractivity contribution >= 4 is 34.6 Å². The van der Waals surface area contributed by atoms with Crippen LogP contribution in [0.3, 0.4) is 0 Å². The molecule has 0 saturated carbocycles. The number of nitrogens with zero attached hydrogens (tertiary/aromatic N) is 8. The number of carbonyl (C=O) groups excluding carboxylic acids is 2. The summed E-state index contributed by atoms with van der Waals surface area (Å²) in [6.07, 6.45) is 0.679. The van der Waals surface area contributed by atoms with E-state index in [1.165, 1.54) is 4.68 Å². The van der Waals surface area contributed by atoms with E-state index < -0.39 is 5.49 Å². The molecule has 2 atom stereocenters. The molecule has 3 aromatic rings. The monoisotopic (exact) mass is 560 g/mol. The zero-order chi connectivity index (χ0) is 29.8. The van der Waals surface area contributed by atoms with Crippen LogP contribution in [0.25, 0.3) is 5.69 Å². The molecule has 208 valence electrons. The summed E-state index contributed by atoms with van der Waals surface area (Å²) in [6, 6.07) is 18.0. The summed E-state index contributed by atoms with van der Waals surface area (Å²) in [6.45, 7) is 3.84. The highest BCUT2D eigenvalue weighted by atomic mass is 16.2. The van der Waals surface area contributed by atoms with Gasteiger partial charge in [0.25, 0.3) is 0 Å². The number of anilines is 1. The molecule has 0 aliphatic carbocycles. The van der Waals surface area contributed by atoms with Crippen molar-refractivity contribution in [2.75, 3.05) is 5.43 Å². The van der Waals surface area contributed by atoms with E-state index in [4.69, 9.17) is 5.41 Å². The van der Waals surface area contributed by atoms with Gasteiger partial charge in [-0.2, -0.15) is 30.9 Å². The summed E-state index contributed by atoms with van der Waals surface area (Å²) in [5, 5.41) is 44.3. The van der Waals surface area contributed by atoms with Gasteiger partial charge < -0.3 is 0 Å². The predicted octanol–water partition coefficient (Wildman–Crippen LogP) is 1.68. The Bertz CT molecular complexity index is 1810. The van der Waals surface area contributed by atoms with Crippen molar-refractivity contribution in [1.82, 2.24) is 25.6 Å². The number of amides is 2. The molecule has 0 radical (unpaired) electrons. The quantitative estimate of drug-likeness (QED) is 0.258. The molecule has 2 aliphatic rings. The maximum atomic E-state index is 11.6. The van der Waals surface area contributed by atoms with Crippen molar-refractivity contribution in [3.05, 3.63) is 76.7 Å². The molecular weight excluding hydrogens is 536 g/mol. The predicted molar refractivity (Wildman–Crippen MR) is 151 cm³/mol. The number of benzene rings is 2. The van der Waals surface area contributed by atoms with E-state index in [1.807, 2.05) is 38.1 Å². The van der Waals surface area contributed by atoms with Gasteiger partial charge in [0.05, 0.1) is 22.8 Å². The largest absolute Gasteiger partial charge is 0.280 e. The molecule has 2 aromatic carbocycles. The van der Waals surface area contributed by atoms with Gasteiger partial charge >= 0.3 is 0 Å². The molecule has 1 aromatic heterocycles. The average molecular weight is 561 g/mol. The van der Waals surface area contributed by atoms with E-state index in [2.05, 4.69) is 41.7 Å². The topological polar surface area (TPSA) is 209 Å². The van der Waals surface area contributed by atoms with Crippen molar-refractivity contribution in [2.45, 2.75) is 26.7 Å². The Balaban J connectivity index is 1.44. The molecule has 0 unspecified atom stereocenters. The molecule has 0 spiro atoms. The minimum Gasteiger partial charge on any atom is -0.280 e. The highest BCUT2D eigenvalue weighted by Gasteiger charge is 2.23. The second-order valence-electron chi connectivity index (χ2n) is 9.74. The molecular formula is C28H24N12O2. The van der Waals surface area contributed by atoms with Gasteiger partial charge in [-0.3, -0.25) is 20.4 Å². The highest BCUT2D eigenvalue weighted by Crippen LogP contribution is 2.20. The molecule has 14 nitrogen and oxygen atoms in total. The normalized spacial score (nSPS) is 18.5. The lowest BCUT2D eigenvalue weighted by molar-refractivity contribution is -0.122. The molecule has 5 rings (SSSR count). The zero-order valence-corrected chi connectivity index (χ0v) is 22.6. The number of carbonyl (C=O) groups is 2. The van der Waals surface area contributed by atoms with Gasteiger partial charge in [-0.05, 0) is 35.4 Å². The maximum absolute atomic E-state index is 11.6. The molecule has 3 heterocycles. The molecule has 14 heteroatoms. The summed E-state index contributed by atoms with van der Waals surface area (Å²) in [4.78, 5) is 27.3. The van der Waals surface area contributed by atoms with Crippen molar-refractivity contribution in [1.29, 1.82) is 15.9 Å². The van der Waals surface area contributed by atoms with Gasteiger partial charge in [0.1, 0.15) is 12.1 Å². The Kier molecular flexibility index (Phi) is 7.61. The van der Waals surface area contributed by atoms with Crippen LogP contribution in [0.4, 0.5) is 5.69 Å². The summed E-state index contributed by atoms with van der Waals surface area (Å²) < 4.78 is 1.28. The number of hydrogen-bond donors (Lipinski definition) is 4. The number of nitrogens with one attached hydrogen (secondary N) is 4. The third kappa shape index (κ3) is 5.64. The van der Waals surface area contributed by atoms with Crippen molar-refractivity contribution in [3.63, 3.8) is 0 Å². The third-order valence-electron chi connectivity index (χ3n) is 6.67. The molecule has 4 N–H and O–H groups in total. The van der Waals surface area contributed by atoms with Crippen LogP contribution in [-0.2, 0) is 9.59 Å².